The van der Waals surface area contributed by atoms with Crippen LogP contribution < -0.4 is 5.32 Å². The maximum Gasteiger partial charge on any atom is 0.303 e. The van der Waals surface area contributed by atoms with Crippen molar-refractivity contribution in [3.8, 4) is 0 Å². The number of carbonyl (C=O) groups is 2. The van der Waals surface area contributed by atoms with Crippen molar-refractivity contribution in [3.05, 3.63) is 66.2 Å². The first-order valence-corrected chi connectivity index (χ1v) is 6.77. The summed E-state index contributed by atoms with van der Waals surface area (Å²) >= 11 is 0. The number of rotatable bonds is 6. The Labute approximate surface area is 123 Å². The second-order valence-corrected chi connectivity index (χ2v) is 4.82. The van der Waals surface area contributed by atoms with Crippen LogP contribution in [-0.2, 0) is 9.59 Å². The molecule has 1 amide bonds. The molecular formula is C17H17NO3. The fourth-order valence-corrected chi connectivity index (χ4v) is 2.20. The fourth-order valence-electron chi connectivity index (χ4n) is 2.20. The van der Waals surface area contributed by atoms with Crippen LogP contribution >= 0.6 is 0 Å². The van der Waals surface area contributed by atoms with Crippen molar-refractivity contribution in [3.63, 3.8) is 0 Å². The Morgan fingerprint density at radius 2 is 1.48 bits per heavy atom. The highest BCUT2D eigenvalue weighted by molar-refractivity contribution is 5.91. The van der Waals surface area contributed by atoms with Gasteiger partial charge in [0.05, 0.1) is 6.42 Å². The molecule has 0 aliphatic carbocycles. The van der Waals surface area contributed by atoms with Crippen molar-refractivity contribution in [2.75, 3.05) is 5.32 Å². The van der Waals surface area contributed by atoms with Crippen molar-refractivity contribution in [1.82, 2.24) is 0 Å². The summed E-state index contributed by atoms with van der Waals surface area (Å²) in [4.78, 5) is 23.1. The van der Waals surface area contributed by atoms with Crippen molar-refractivity contribution in [2.24, 2.45) is 0 Å². The molecule has 0 aliphatic heterocycles. The molecule has 4 nitrogen and oxygen atoms in total. The number of hydrogen-bond donors (Lipinski definition) is 2. The van der Waals surface area contributed by atoms with Crippen LogP contribution in [0.5, 0.6) is 0 Å². The van der Waals surface area contributed by atoms with E-state index in [1.54, 1.807) is 12.1 Å². The molecule has 0 aliphatic rings. The number of carboxylic acids is 1. The Hall–Kier alpha value is -2.62. The second-order valence-electron chi connectivity index (χ2n) is 4.82. The van der Waals surface area contributed by atoms with Crippen LogP contribution in [0.2, 0.25) is 0 Å². The number of benzene rings is 2. The van der Waals surface area contributed by atoms with Gasteiger partial charge in [0.2, 0.25) is 5.91 Å². The molecule has 0 radical (unpaired) electrons. The Morgan fingerprint density at radius 3 is 2.05 bits per heavy atom. The predicted octanol–water partition coefficient (Wildman–Crippen LogP) is 3.27. The predicted molar refractivity (Wildman–Crippen MR) is 81.1 cm³/mol. The zero-order valence-electron chi connectivity index (χ0n) is 11.5. The number of aliphatic carboxylic acids is 1. The number of amides is 1. The number of carboxylic acid groups (broad SMARTS) is 1. The number of nitrogens with one attached hydrogen (secondary N) is 1. The second kappa shape index (κ2) is 7.24. The maximum atomic E-state index is 12.1. The van der Waals surface area contributed by atoms with Crippen molar-refractivity contribution < 1.29 is 14.7 Å². The summed E-state index contributed by atoms with van der Waals surface area (Å²) in [5.41, 5.74) is 1.58. The van der Waals surface area contributed by atoms with Gasteiger partial charge >= 0.3 is 5.97 Å². The van der Waals surface area contributed by atoms with E-state index in [0.717, 1.165) is 5.56 Å². The SMILES string of the molecule is O=C(O)CC(CC(=O)Nc1ccccc1)c1ccccc1. The highest BCUT2D eigenvalue weighted by Crippen LogP contribution is 2.24. The Balaban J connectivity index is 2.05. The molecule has 21 heavy (non-hydrogen) atoms. The van der Waals surface area contributed by atoms with Crippen LogP contribution in [0.15, 0.2) is 60.7 Å². The molecule has 1 atom stereocenters. The zero-order chi connectivity index (χ0) is 15.1. The molecule has 0 heterocycles. The Morgan fingerprint density at radius 1 is 0.905 bits per heavy atom. The molecule has 1 unspecified atom stereocenters. The standard InChI is InChI=1S/C17H17NO3/c19-16(18-15-9-5-2-6-10-15)11-14(12-17(20)21)13-7-3-1-4-8-13/h1-10,14H,11-12H2,(H,18,19)(H,20,21). The topological polar surface area (TPSA) is 66.4 Å². The largest absolute Gasteiger partial charge is 0.481 e. The molecule has 4 heteroatoms. The zero-order valence-corrected chi connectivity index (χ0v) is 11.5. The molecule has 108 valence electrons. The average Bonchev–Trinajstić information content (AvgIpc) is 2.48. The Kier molecular flexibility index (Phi) is 5.10. The first kappa shape index (κ1) is 14.8. The van der Waals surface area contributed by atoms with Crippen molar-refractivity contribution in [1.29, 1.82) is 0 Å². The maximum absolute atomic E-state index is 12.1. The van der Waals surface area contributed by atoms with Gasteiger partial charge in [-0.1, -0.05) is 48.5 Å². The normalized spacial score (nSPS) is 11.6. The van der Waals surface area contributed by atoms with Gasteiger partial charge in [0.15, 0.2) is 0 Å². The van der Waals surface area contributed by atoms with E-state index in [4.69, 9.17) is 5.11 Å². The van der Waals surface area contributed by atoms with E-state index in [0.29, 0.717) is 5.69 Å². The molecule has 0 aromatic heterocycles. The highest BCUT2D eigenvalue weighted by Gasteiger charge is 2.19. The summed E-state index contributed by atoms with van der Waals surface area (Å²) in [6.45, 7) is 0. The summed E-state index contributed by atoms with van der Waals surface area (Å²) < 4.78 is 0. The van der Waals surface area contributed by atoms with Crippen LogP contribution in [0.3, 0.4) is 0 Å². The highest BCUT2D eigenvalue weighted by atomic mass is 16.4. The van der Waals surface area contributed by atoms with Gasteiger partial charge < -0.3 is 10.4 Å². The van der Waals surface area contributed by atoms with Gasteiger partial charge in [0.1, 0.15) is 0 Å². The lowest BCUT2D eigenvalue weighted by Gasteiger charge is -2.15. The van der Waals surface area contributed by atoms with E-state index in [-0.39, 0.29) is 24.7 Å². The van der Waals surface area contributed by atoms with Gasteiger partial charge in [0.25, 0.3) is 0 Å². The minimum atomic E-state index is -0.906. The fraction of sp³-hybridized carbons (Fsp3) is 0.176. The van der Waals surface area contributed by atoms with Gasteiger partial charge in [-0.15, -0.1) is 0 Å². The number of para-hydroxylation sites is 1. The van der Waals surface area contributed by atoms with Gasteiger partial charge in [0, 0.05) is 18.0 Å². The summed E-state index contributed by atoms with van der Waals surface area (Å²) in [6, 6.07) is 18.4. The van der Waals surface area contributed by atoms with Crippen LogP contribution in [0.1, 0.15) is 24.3 Å². The molecule has 2 rings (SSSR count). The minimum Gasteiger partial charge on any atom is -0.481 e. The lowest BCUT2D eigenvalue weighted by Crippen LogP contribution is -2.17. The molecule has 0 bridgehead atoms. The van der Waals surface area contributed by atoms with Crippen molar-refractivity contribution in [2.45, 2.75) is 18.8 Å². The van der Waals surface area contributed by atoms with Crippen LogP contribution in [-0.4, -0.2) is 17.0 Å². The van der Waals surface area contributed by atoms with E-state index in [1.165, 1.54) is 0 Å². The van der Waals surface area contributed by atoms with E-state index in [1.807, 2.05) is 48.5 Å². The smallest absolute Gasteiger partial charge is 0.303 e. The minimum absolute atomic E-state index is 0.0633. The van der Waals surface area contributed by atoms with Gasteiger partial charge in [-0.05, 0) is 17.7 Å². The molecule has 0 saturated carbocycles. The molecule has 2 aromatic carbocycles. The monoisotopic (exact) mass is 283 g/mol. The van der Waals surface area contributed by atoms with Crippen LogP contribution in [0, 0.1) is 0 Å². The molecule has 2 aromatic rings. The summed E-state index contributed by atoms with van der Waals surface area (Å²) in [5, 5.41) is 11.8. The van der Waals surface area contributed by atoms with Gasteiger partial charge in [-0.2, -0.15) is 0 Å². The molecule has 0 spiro atoms. The van der Waals surface area contributed by atoms with E-state index < -0.39 is 5.97 Å². The quantitative estimate of drug-likeness (QED) is 0.855. The van der Waals surface area contributed by atoms with Crippen molar-refractivity contribution >= 4 is 17.6 Å². The number of hydrogen-bond acceptors (Lipinski definition) is 2. The average molecular weight is 283 g/mol. The first-order chi connectivity index (χ1) is 10.1. The molecule has 0 fully saturated rings. The lowest BCUT2D eigenvalue weighted by atomic mass is 9.92. The lowest BCUT2D eigenvalue weighted by molar-refractivity contribution is -0.137. The molecule has 0 saturated heterocycles. The molecule has 2 N–H and O–H groups in total. The number of carbonyl (C=O) groups excluding carboxylic acids is 1. The van der Waals surface area contributed by atoms with E-state index in [2.05, 4.69) is 5.32 Å². The van der Waals surface area contributed by atoms with Crippen LogP contribution in [0.4, 0.5) is 5.69 Å². The first-order valence-electron chi connectivity index (χ1n) is 6.77. The third-order valence-electron chi connectivity index (χ3n) is 3.18. The van der Waals surface area contributed by atoms with E-state index in [9.17, 15) is 9.59 Å². The molecular weight excluding hydrogens is 266 g/mol. The van der Waals surface area contributed by atoms with Crippen LogP contribution in [0.25, 0.3) is 0 Å². The Bertz CT molecular complexity index is 596. The summed E-state index contributed by atoms with van der Waals surface area (Å²) in [5.74, 6) is -1.42. The number of anilines is 1. The van der Waals surface area contributed by atoms with E-state index >= 15 is 0 Å². The third kappa shape index (κ3) is 4.76. The van der Waals surface area contributed by atoms with Gasteiger partial charge in [-0.25, -0.2) is 0 Å². The third-order valence-corrected chi connectivity index (χ3v) is 3.18. The summed E-state index contributed by atoms with van der Waals surface area (Å²) in [6.07, 6.45) is 0.0808. The van der Waals surface area contributed by atoms with Gasteiger partial charge in [-0.3, -0.25) is 9.59 Å². The summed E-state index contributed by atoms with van der Waals surface area (Å²) in [7, 11) is 0.